The number of hydroxylamine groups is 1. The molecule has 0 aromatic carbocycles. The average molecular weight is 291 g/mol. The van der Waals surface area contributed by atoms with Crippen LogP contribution in [0.5, 0.6) is 0 Å². The summed E-state index contributed by atoms with van der Waals surface area (Å²) in [4.78, 5) is 18.1. The number of amides is 1. The minimum absolute atomic E-state index is 0.117. The number of hydrogen-bond acceptors (Lipinski definition) is 5. The lowest BCUT2D eigenvalue weighted by atomic mass is 10.1. The highest BCUT2D eigenvalue weighted by atomic mass is 32.2. The number of fused-ring (bicyclic) bond motifs is 1. The summed E-state index contributed by atoms with van der Waals surface area (Å²) in [6.07, 6.45) is 3.66. The summed E-state index contributed by atoms with van der Waals surface area (Å²) in [5, 5.41) is 0. The number of nitrogens with zero attached hydrogens (tertiary/aromatic N) is 1. The Hall–Kier alpha value is -0.860. The van der Waals surface area contributed by atoms with Crippen molar-refractivity contribution in [3.8, 4) is 0 Å². The molecule has 2 N–H and O–H groups in total. The van der Waals surface area contributed by atoms with Gasteiger partial charge in [-0.25, -0.2) is 17.9 Å². The van der Waals surface area contributed by atoms with Gasteiger partial charge in [-0.1, -0.05) is 13.3 Å². The van der Waals surface area contributed by atoms with E-state index in [1.54, 1.807) is 4.90 Å². The normalized spacial score (nSPS) is 27.8. The molecular weight excluding hydrogens is 270 g/mol. The Morgan fingerprint density at radius 3 is 2.89 bits per heavy atom. The number of carbonyl (C=O) groups is 1. The molecule has 2 unspecified atom stereocenters. The molecule has 0 radical (unpaired) electrons. The Morgan fingerprint density at radius 1 is 1.42 bits per heavy atom. The van der Waals surface area contributed by atoms with Crippen LogP contribution in [0.3, 0.4) is 0 Å². The summed E-state index contributed by atoms with van der Waals surface area (Å²) in [5.41, 5.74) is 2.70. The van der Waals surface area contributed by atoms with Crippen LogP contribution >= 0.6 is 0 Å². The van der Waals surface area contributed by atoms with Crippen LogP contribution in [0.25, 0.3) is 0 Å². The third kappa shape index (κ3) is 3.58. The van der Waals surface area contributed by atoms with Gasteiger partial charge in [0, 0.05) is 6.54 Å². The van der Waals surface area contributed by atoms with Crippen molar-refractivity contribution in [2.24, 2.45) is 0 Å². The molecule has 2 rings (SSSR count). The largest absolute Gasteiger partial charge is 0.430 e. The fourth-order valence-electron chi connectivity index (χ4n) is 2.58. The molecule has 0 aromatic heterocycles. The molecule has 0 aromatic rings. The predicted octanol–water partition coefficient (Wildman–Crippen LogP) is 0.541. The molecule has 7 nitrogen and oxygen atoms in total. The van der Waals surface area contributed by atoms with E-state index in [4.69, 9.17) is 4.84 Å². The first-order valence-electron chi connectivity index (χ1n) is 6.75. The average Bonchev–Trinajstić information content (AvgIpc) is 2.60. The summed E-state index contributed by atoms with van der Waals surface area (Å²) in [6.45, 7) is 2.08. The minimum Gasteiger partial charge on any atom is -0.352 e. The molecule has 110 valence electrons. The van der Waals surface area contributed by atoms with Crippen LogP contribution in [0.15, 0.2) is 0 Å². The van der Waals surface area contributed by atoms with Crippen LogP contribution in [0, 0.1) is 0 Å². The van der Waals surface area contributed by atoms with Crippen LogP contribution in [-0.4, -0.2) is 43.9 Å². The Balaban J connectivity index is 1.99. The third-order valence-corrected chi connectivity index (χ3v) is 5.05. The highest BCUT2D eigenvalue weighted by Crippen LogP contribution is 2.24. The van der Waals surface area contributed by atoms with Gasteiger partial charge >= 0.3 is 6.09 Å². The maximum absolute atomic E-state index is 11.7. The molecule has 19 heavy (non-hydrogen) atoms. The number of nitrogens with one attached hydrogen (secondary N) is 2. The van der Waals surface area contributed by atoms with Crippen molar-refractivity contribution < 1.29 is 18.0 Å². The van der Waals surface area contributed by atoms with Gasteiger partial charge in [-0.3, -0.25) is 4.90 Å². The second-order valence-corrected chi connectivity index (χ2v) is 6.94. The number of carbonyl (C=O) groups excluding carboxylic acids is 1. The molecule has 2 heterocycles. The SMILES string of the molecule is CCCS(=O)(=O)NCC1CCCCC2NOC(=O)N12. The Morgan fingerprint density at radius 2 is 2.16 bits per heavy atom. The van der Waals surface area contributed by atoms with E-state index in [9.17, 15) is 13.2 Å². The summed E-state index contributed by atoms with van der Waals surface area (Å²) in [6, 6.07) is -0.137. The molecule has 8 heteroatoms. The number of sulfonamides is 1. The summed E-state index contributed by atoms with van der Waals surface area (Å²) in [7, 11) is -3.24. The van der Waals surface area contributed by atoms with Crippen molar-refractivity contribution in [1.82, 2.24) is 15.1 Å². The van der Waals surface area contributed by atoms with Gasteiger partial charge in [0.2, 0.25) is 10.0 Å². The molecule has 2 saturated heterocycles. The van der Waals surface area contributed by atoms with Gasteiger partial charge in [0.05, 0.1) is 11.8 Å². The number of rotatable bonds is 5. The standard InChI is InChI=1S/C11H21N3O4S/c1-2-7-19(16,17)12-8-9-5-3-4-6-10-13-18-11(15)14(9)10/h9-10,12-13H,2-8H2,1H3. The van der Waals surface area contributed by atoms with E-state index in [-0.39, 0.29) is 24.5 Å². The first-order valence-corrected chi connectivity index (χ1v) is 8.40. The zero-order chi connectivity index (χ0) is 13.9. The van der Waals surface area contributed by atoms with E-state index in [0.29, 0.717) is 6.42 Å². The van der Waals surface area contributed by atoms with E-state index in [2.05, 4.69) is 10.2 Å². The van der Waals surface area contributed by atoms with E-state index in [0.717, 1.165) is 25.7 Å². The molecule has 2 aliphatic rings. The fraction of sp³-hybridized carbons (Fsp3) is 0.909. The maximum Gasteiger partial charge on any atom is 0.430 e. The van der Waals surface area contributed by atoms with Crippen LogP contribution in [0.1, 0.15) is 39.0 Å². The van der Waals surface area contributed by atoms with E-state index < -0.39 is 16.1 Å². The van der Waals surface area contributed by atoms with Crippen LogP contribution in [0.2, 0.25) is 0 Å². The topological polar surface area (TPSA) is 87.7 Å². The Labute approximate surface area is 113 Å². The van der Waals surface area contributed by atoms with Crippen molar-refractivity contribution in [3.63, 3.8) is 0 Å². The second-order valence-electron chi connectivity index (χ2n) is 5.01. The molecule has 0 spiro atoms. The van der Waals surface area contributed by atoms with Crippen molar-refractivity contribution in [3.05, 3.63) is 0 Å². The first-order chi connectivity index (χ1) is 9.03. The maximum atomic E-state index is 11.7. The minimum atomic E-state index is -3.24. The summed E-state index contributed by atoms with van der Waals surface area (Å²) >= 11 is 0. The third-order valence-electron chi connectivity index (χ3n) is 3.50. The smallest absolute Gasteiger partial charge is 0.352 e. The van der Waals surface area contributed by atoms with Gasteiger partial charge in [-0.2, -0.15) is 0 Å². The van der Waals surface area contributed by atoms with Crippen molar-refractivity contribution in [1.29, 1.82) is 0 Å². The Kier molecular flexibility index (Phi) is 4.64. The van der Waals surface area contributed by atoms with Gasteiger partial charge in [0.15, 0.2) is 0 Å². The summed E-state index contributed by atoms with van der Waals surface area (Å²) < 4.78 is 25.9. The molecule has 2 aliphatic heterocycles. The lowest BCUT2D eigenvalue weighted by molar-refractivity contribution is 0.117. The van der Waals surface area contributed by atoms with Gasteiger partial charge in [-0.15, -0.1) is 5.48 Å². The fourth-order valence-corrected chi connectivity index (χ4v) is 3.71. The highest BCUT2D eigenvalue weighted by molar-refractivity contribution is 7.89. The van der Waals surface area contributed by atoms with E-state index in [1.165, 1.54) is 0 Å². The van der Waals surface area contributed by atoms with Crippen molar-refractivity contribution in [2.75, 3.05) is 12.3 Å². The van der Waals surface area contributed by atoms with Crippen LogP contribution < -0.4 is 10.2 Å². The molecule has 0 aliphatic carbocycles. The van der Waals surface area contributed by atoms with E-state index in [1.807, 2.05) is 6.92 Å². The molecular formula is C11H21N3O4S. The highest BCUT2D eigenvalue weighted by Gasteiger charge is 2.39. The van der Waals surface area contributed by atoms with Gasteiger partial charge < -0.3 is 4.84 Å². The first kappa shape index (κ1) is 14.5. The molecule has 1 amide bonds. The molecule has 2 atom stereocenters. The van der Waals surface area contributed by atoms with E-state index >= 15 is 0 Å². The monoisotopic (exact) mass is 291 g/mol. The van der Waals surface area contributed by atoms with Crippen molar-refractivity contribution >= 4 is 16.1 Å². The lowest BCUT2D eigenvalue weighted by Crippen LogP contribution is -2.48. The second kappa shape index (κ2) is 6.06. The summed E-state index contributed by atoms with van der Waals surface area (Å²) in [5.74, 6) is 0.117. The lowest BCUT2D eigenvalue weighted by Gasteiger charge is -2.27. The Bertz CT molecular complexity index is 426. The van der Waals surface area contributed by atoms with Gasteiger partial charge in [0.1, 0.15) is 6.17 Å². The predicted molar refractivity (Wildman–Crippen MR) is 69.6 cm³/mol. The van der Waals surface area contributed by atoms with Gasteiger partial charge in [-0.05, 0) is 25.7 Å². The molecule has 0 saturated carbocycles. The van der Waals surface area contributed by atoms with Crippen LogP contribution in [-0.2, 0) is 14.9 Å². The molecule has 0 bridgehead atoms. The van der Waals surface area contributed by atoms with Gasteiger partial charge in [0.25, 0.3) is 0 Å². The zero-order valence-electron chi connectivity index (χ0n) is 11.1. The molecule has 2 fully saturated rings. The zero-order valence-corrected chi connectivity index (χ0v) is 11.9. The number of hydrogen-bond donors (Lipinski definition) is 2. The quantitative estimate of drug-likeness (QED) is 0.772. The van der Waals surface area contributed by atoms with Crippen molar-refractivity contribution in [2.45, 2.75) is 51.2 Å². The van der Waals surface area contributed by atoms with Crippen LogP contribution in [0.4, 0.5) is 4.79 Å².